The zero-order valence-corrected chi connectivity index (χ0v) is 10.6. The average Bonchev–Trinajstić information content (AvgIpc) is 2.37. The van der Waals surface area contributed by atoms with Crippen molar-refractivity contribution < 1.29 is 13.2 Å². The van der Waals surface area contributed by atoms with Gasteiger partial charge in [-0.25, -0.2) is 8.42 Å². The smallest absolute Gasteiger partial charge is 0.152 e. The molecule has 4 nitrogen and oxygen atoms in total. The fourth-order valence-electron chi connectivity index (χ4n) is 2.09. The first-order valence-electron chi connectivity index (χ1n) is 5.34. The van der Waals surface area contributed by atoms with E-state index in [1.165, 1.54) is 0 Å². The van der Waals surface area contributed by atoms with Crippen molar-refractivity contribution in [2.75, 3.05) is 25.2 Å². The maximum atomic E-state index is 11.4. The van der Waals surface area contributed by atoms with Crippen LogP contribution in [0.15, 0.2) is 0 Å². The zero-order chi connectivity index (χ0) is 11.5. The molecule has 0 saturated carbocycles. The summed E-state index contributed by atoms with van der Waals surface area (Å²) in [7, 11) is -1.14. The lowest BCUT2D eigenvalue weighted by atomic mass is 10.0. The minimum atomic E-state index is -2.81. The molecule has 0 amide bonds. The highest BCUT2D eigenvalue weighted by molar-refractivity contribution is 7.91. The van der Waals surface area contributed by atoms with Crippen LogP contribution in [0, 0.1) is 0 Å². The second-order valence-electron chi connectivity index (χ2n) is 4.73. The molecule has 1 fully saturated rings. The SMILES string of the molecule is COCCC(C)NC1(C)CCS(=O)(=O)C1. The molecule has 0 aromatic carbocycles. The third-order valence-electron chi connectivity index (χ3n) is 2.85. The Morgan fingerprint density at radius 3 is 2.67 bits per heavy atom. The monoisotopic (exact) mass is 235 g/mol. The van der Waals surface area contributed by atoms with E-state index >= 15 is 0 Å². The minimum absolute atomic E-state index is 0.244. The number of nitrogens with one attached hydrogen (secondary N) is 1. The highest BCUT2D eigenvalue weighted by Gasteiger charge is 2.38. The van der Waals surface area contributed by atoms with E-state index in [2.05, 4.69) is 12.2 Å². The third kappa shape index (κ3) is 4.09. The summed E-state index contributed by atoms with van der Waals surface area (Å²) in [5.74, 6) is 0.574. The van der Waals surface area contributed by atoms with E-state index in [0.717, 1.165) is 6.42 Å². The van der Waals surface area contributed by atoms with Crippen LogP contribution in [0.25, 0.3) is 0 Å². The van der Waals surface area contributed by atoms with E-state index < -0.39 is 9.84 Å². The van der Waals surface area contributed by atoms with Gasteiger partial charge in [0, 0.05) is 25.3 Å². The van der Waals surface area contributed by atoms with Crippen LogP contribution < -0.4 is 5.32 Å². The van der Waals surface area contributed by atoms with Crippen molar-refractivity contribution >= 4 is 9.84 Å². The molecule has 1 aliphatic heterocycles. The fourth-order valence-corrected chi connectivity index (χ4v) is 4.19. The van der Waals surface area contributed by atoms with Gasteiger partial charge in [0.25, 0.3) is 0 Å². The van der Waals surface area contributed by atoms with Crippen LogP contribution in [0.4, 0.5) is 0 Å². The van der Waals surface area contributed by atoms with Gasteiger partial charge < -0.3 is 10.1 Å². The van der Waals surface area contributed by atoms with Crippen molar-refractivity contribution in [3.63, 3.8) is 0 Å². The van der Waals surface area contributed by atoms with Crippen LogP contribution in [-0.2, 0) is 14.6 Å². The lowest BCUT2D eigenvalue weighted by Gasteiger charge is -2.28. The summed E-state index contributed by atoms with van der Waals surface area (Å²) in [6.45, 7) is 4.76. The van der Waals surface area contributed by atoms with E-state index in [4.69, 9.17) is 4.74 Å². The van der Waals surface area contributed by atoms with Crippen molar-refractivity contribution in [1.82, 2.24) is 5.32 Å². The van der Waals surface area contributed by atoms with Gasteiger partial charge >= 0.3 is 0 Å². The Morgan fingerprint density at radius 2 is 2.20 bits per heavy atom. The Bertz CT molecular complexity index is 302. The summed E-state index contributed by atoms with van der Waals surface area (Å²) in [4.78, 5) is 0. The maximum Gasteiger partial charge on any atom is 0.152 e. The topological polar surface area (TPSA) is 55.4 Å². The molecule has 2 unspecified atom stereocenters. The lowest BCUT2D eigenvalue weighted by molar-refractivity contribution is 0.178. The molecule has 0 bridgehead atoms. The largest absolute Gasteiger partial charge is 0.385 e. The van der Waals surface area contributed by atoms with Crippen molar-refractivity contribution in [2.45, 2.75) is 38.3 Å². The van der Waals surface area contributed by atoms with E-state index in [1.54, 1.807) is 7.11 Å². The molecule has 1 rings (SSSR count). The van der Waals surface area contributed by atoms with Crippen LogP contribution in [0.2, 0.25) is 0 Å². The molecular weight excluding hydrogens is 214 g/mol. The van der Waals surface area contributed by atoms with Crippen molar-refractivity contribution in [1.29, 1.82) is 0 Å². The van der Waals surface area contributed by atoms with E-state index in [1.807, 2.05) is 6.92 Å². The molecular formula is C10H21NO3S. The molecule has 2 atom stereocenters. The van der Waals surface area contributed by atoms with Crippen LogP contribution in [-0.4, -0.2) is 45.2 Å². The highest BCUT2D eigenvalue weighted by Crippen LogP contribution is 2.23. The Hall–Kier alpha value is -0.130. The van der Waals surface area contributed by atoms with Gasteiger partial charge in [0.2, 0.25) is 0 Å². The van der Waals surface area contributed by atoms with Gasteiger partial charge in [0.1, 0.15) is 0 Å². The van der Waals surface area contributed by atoms with Crippen LogP contribution in [0.5, 0.6) is 0 Å². The first-order chi connectivity index (χ1) is 6.87. The molecule has 1 heterocycles. The Labute approximate surface area is 92.3 Å². The van der Waals surface area contributed by atoms with Gasteiger partial charge in [-0.05, 0) is 26.7 Å². The highest BCUT2D eigenvalue weighted by atomic mass is 32.2. The molecule has 0 aromatic heterocycles. The van der Waals surface area contributed by atoms with Crippen LogP contribution >= 0.6 is 0 Å². The first kappa shape index (κ1) is 12.9. The minimum Gasteiger partial charge on any atom is -0.385 e. The van der Waals surface area contributed by atoms with Gasteiger partial charge in [0.15, 0.2) is 9.84 Å². The van der Waals surface area contributed by atoms with E-state index in [9.17, 15) is 8.42 Å². The molecule has 5 heteroatoms. The standard InChI is InChI=1S/C10H21NO3S/c1-9(4-6-14-3)11-10(2)5-7-15(12,13)8-10/h9,11H,4-8H2,1-3H3. The van der Waals surface area contributed by atoms with E-state index in [-0.39, 0.29) is 11.3 Å². The maximum absolute atomic E-state index is 11.4. The predicted molar refractivity (Wildman–Crippen MR) is 60.8 cm³/mol. The van der Waals surface area contributed by atoms with Gasteiger partial charge in [-0.15, -0.1) is 0 Å². The Morgan fingerprint density at radius 1 is 1.53 bits per heavy atom. The molecule has 0 aromatic rings. The van der Waals surface area contributed by atoms with Crippen molar-refractivity contribution in [3.05, 3.63) is 0 Å². The molecule has 1 aliphatic rings. The summed E-state index contributed by atoms with van der Waals surface area (Å²) in [5.41, 5.74) is -0.244. The lowest BCUT2D eigenvalue weighted by Crippen LogP contribution is -2.48. The summed E-state index contributed by atoms with van der Waals surface area (Å²) in [5, 5.41) is 3.39. The summed E-state index contributed by atoms with van der Waals surface area (Å²) in [6, 6.07) is 0.295. The summed E-state index contributed by atoms with van der Waals surface area (Å²) < 4.78 is 27.7. The average molecular weight is 235 g/mol. The number of hydrogen-bond acceptors (Lipinski definition) is 4. The number of ether oxygens (including phenoxy) is 1. The normalized spacial score (nSPS) is 31.7. The molecule has 1 saturated heterocycles. The molecule has 0 spiro atoms. The van der Waals surface area contributed by atoms with Gasteiger partial charge in [0.05, 0.1) is 11.5 Å². The van der Waals surface area contributed by atoms with Gasteiger partial charge in [-0.3, -0.25) is 0 Å². The number of hydrogen-bond donors (Lipinski definition) is 1. The third-order valence-corrected chi connectivity index (χ3v) is 4.76. The molecule has 0 aliphatic carbocycles. The predicted octanol–water partition coefficient (Wildman–Crippen LogP) is 0.578. The quantitative estimate of drug-likeness (QED) is 0.757. The van der Waals surface area contributed by atoms with Gasteiger partial charge in [-0.2, -0.15) is 0 Å². The Balaban J connectivity index is 2.44. The zero-order valence-electron chi connectivity index (χ0n) is 9.75. The Kier molecular flexibility index (Phi) is 4.14. The second-order valence-corrected chi connectivity index (χ2v) is 6.91. The summed E-state index contributed by atoms with van der Waals surface area (Å²) >= 11 is 0. The second kappa shape index (κ2) is 4.80. The molecule has 1 N–H and O–H groups in total. The van der Waals surface area contributed by atoms with E-state index in [0.29, 0.717) is 24.8 Å². The fraction of sp³-hybridized carbons (Fsp3) is 1.00. The summed E-state index contributed by atoms with van der Waals surface area (Å²) in [6.07, 6.45) is 1.62. The molecule has 90 valence electrons. The number of rotatable bonds is 5. The van der Waals surface area contributed by atoms with Gasteiger partial charge in [-0.1, -0.05) is 0 Å². The molecule has 0 radical (unpaired) electrons. The van der Waals surface area contributed by atoms with Crippen LogP contribution in [0.1, 0.15) is 26.7 Å². The first-order valence-corrected chi connectivity index (χ1v) is 7.16. The number of sulfone groups is 1. The molecule has 15 heavy (non-hydrogen) atoms. The van der Waals surface area contributed by atoms with Crippen LogP contribution in [0.3, 0.4) is 0 Å². The van der Waals surface area contributed by atoms with Crippen molar-refractivity contribution in [2.24, 2.45) is 0 Å². The number of methoxy groups -OCH3 is 1. The van der Waals surface area contributed by atoms with Crippen molar-refractivity contribution in [3.8, 4) is 0 Å².